The molecule has 206 valence electrons. The number of carbonyl (C=O) groups is 3. The van der Waals surface area contributed by atoms with Crippen molar-refractivity contribution in [1.82, 2.24) is 10.6 Å². The molecule has 0 bridgehead atoms. The average molecular weight is 525 g/mol. The van der Waals surface area contributed by atoms with Gasteiger partial charge in [0.2, 0.25) is 5.91 Å². The van der Waals surface area contributed by atoms with Crippen LogP contribution in [-0.4, -0.2) is 73.6 Å². The number of carboxylic acid groups (broad SMARTS) is 1. The van der Waals surface area contributed by atoms with Crippen molar-refractivity contribution in [2.75, 3.05) is 33.5 Å². The molecule has 1 aliphatic carbocycles. The van der Waals surface area contributed by atoms with Gasteiger partial charge >= 0.3 is 5.97 Å². The van der Waals surface area contributed by atoms with Gasteiger partial charge in [0.25, 0.3) is 5.91 Å². The van der Waals surface area contributed by atoms with Crippen LogP contribution in [0.5, 0.6) is 11.5 Å². The Bertz CT molecular complexity index is 1000. The zero-order chi connectivity index (χ0) is 27.4. The van der Waals surface area contributed by atoms with Crippen molar-refractivity contribution in [2.24, 2.45) is 16.7 Å². The molecule has 11 heteroatoms. The fourth-order valence-electron chi connectivity index (χ4n) is 4.54. The third kappa shape index (κ3) is 6.89. The van der Waals surface area contributed by atoms with Gasteiger partial charge in [-0.3, -0.25) is 14.4 Å². The molecule has 10 nitrogen and oxygen atoms in total. The van der Waals surface area contributed by atoms with Gasteiger partial charge in [0, 0.05) is 12.6 Å². The first-order valence-corrected chi connectivity index (χ1v) is 12.4. The van der Waals surface area contributed by atoms with Gasteiger partial charge in [-0.2, -0.15) is 0 Å². The Morgan fingerprint density at radius 3 is 2.41 bits per heavy atom. The molecule has 0 spiro atoms. The van der Waals surface area contributed by atoms with E-state index < -0.39 is 47.8 Å². The van der Waals surface area contributed by atoms with Crippen molar-refractivity contribution in [2.45, 2.75) is 58.6 Å². The Hall–Kier alpha value is -2.92. The fraction of sp³-hybridized carbons (Fsp3) is 0.654. The Morgan fingerprint density at radius 1 is 1.16 bits per heavy atom. The van der Waals surface area contributed by atoms with Crippen LogP contribution in [0.3, 0.4) is 0 Å². The number of hydrogen-bond acceptors (Lipinski definition) is 7. The van der Waals surface area contributed by atoms with E-state index in [9.17, 15) is 29.0 Å². The maximum absolute atomic E-state index is 14.8. The molecule has 1 heterocycles. The first-order valence-electron chi connectivity index (χ1n) is 12.4. The maximum Gasteiger partial charge on any atom is 0.311 e. The van der Waals surface area contributed by atoms with Gasteiger partial charge in [0.05, 0.1) is 56.0 Å². The molecule has 37 heavy (non-hydrogen) atoms. The van der Waals surface area contributed by atoms with E-state index in [1.165, 1.54) is 13.2 Å². The predicted octanol–water partition coefficient (Wildman–Crippen LogP) is 2.13. The number of carbonyl (C=O) groups excluding carboxylic acids is 2. The SMILES string of the molecule is COc1cc(F)c(O[C@H]2CC[C@@](CO)(C(=O)O)CC2)cc1C(=O)N[C@H]1COC[C@H]1C(=O)NCC(C)(C)C. The van der Waals surface area contributed by atoms with Crippen molar-refractivity contribution in [1.29, 1.82) is 0 Å². The summed E-state index contributed by atoms with van der Waals surface area (Å²) in [6, 6.07) is 1.73. The normalized spacial score (nSPS) is 25.8. The maximum atomic E-state index is 14.8. The minimum absolute atomic E-state index is 0.00354. The van der Waals surface area contributed by atoms with Gasteiger partial charge in [0.1, 0.15) is 5.75 Å². The number of methoxy groups -OCH3 is 1. The predicted molar refractivity (Wildman–Crippen MR) is 131 cm³/mol. The number of nitrogens with one attached hydrogen (secondary N) is 2. The number of benzene rings is 1. The van der Waals surface area contributed by atoms with Crippen molar-refractivity contribution in [3.05, 3.63) is 23.5 Å². The Balaban J connectivity index is 1.70. The van der Waals surface area contributed by atoms with Crippen molar-refractivity contribution in [3.63, 3.8) is 0 Å². The number of rotatable bonds is 9. The van der Waals surface area contributed by atoms with Gasteiger partial charge in [-0.15, -0.1) is 0 Å². The number of ether oxygens (including phenoxy) is 3. The van der Waals surface area contributed by atoms with Gasteiger partial charge in [-0.05, 0) is 37.2 Å². The van der Waals surface area contributed by atoms with Crippen LogP contribution in [0, 0.1) is 22.6 Å². The smallest absolute Gasteiger partial charge is 0.311 e. The topological polar surface area (TPSA) is 143 Å². The molecular formula is C26H37FN2O8. The quantitative estimate of drug-likeness (QED) is 0.385. The Labute approximate surface area is 215 Å². The minimum atomic E-state index is -1.22. The van der Waals surface area contributed by atoms with Crippen LogP contribution < -0.4 is 20.1 Å². The molecule has 1 saturated carbocycles. The summed E-state index contributed by atoms with van der Waals surface area (Å²) >= 11 is 0. The van der Waals surface area contributed by atoms with E-state index in [-0.39, 0.29) is 54.4 Å². The summed E-state index contributed by atoms with van der Waals surface area (Å²) in [5, 5.41) is 24.7. The number of halogens is 1. The molecule has 4 N–H and O–H groups in total. The van der Waals surface area contributed by atoms with E-state index >= 15 is 0 Å². The van der Waals surface area contributed by atoms with Crippen LogP contribution in [0.1, 0.15) is 56.8 Å². The Morgan fingerprint density at radius 2 is 1.84 bits per heavy atom. The van der Waals surface area contributed by atoms with E-state index in [2.05, 4.69) is 10.6 Å². The third-order valence-electron chi connectivity index (χ3n) is 6.97. The van der Waals surface area contributed by atoms with E-state index in [0.717, 1.165) is 6.07 Å². The lowest BCUT2D eigenvalue weighted by Gasteiger charge is -2.35. The van der Waals surface area contributed by atoms with Crippen molar-refractivity contribution in [3.8, 4) is 11.5 Å². The van der Waals surface area contributed by atoms with Crippen LogP contribution >= 0.6 is 0 Å². The summed E-state index contributed by atoms with van der Waals surface area (Å²) in [5.41, 5.74) is -1.29. The molecule has 0 radical (unpaired) electrons. The molecule has 1 aliphatic heterocycles. The number of hydrogen-bond donors (Lipinski definition) is 4. The molecule has 0 aromatic heterocycles. The lowest BCUT2D eigenvalue weighted by atomic mass is 9.74. The van der Waals surface area contributed by atoms with Gasteiger partial charge in [-0.1, -0.05) is 20.8 Å². The molecule has 2 amide bonds. The molecular weight excluding hydrogens is 487 g/mol. The highest BCUT2D eigenvalue weighted by Crippen LogP contribution is 2.38. The highest BCUT2D eigenvalue weighted by molar-refractivity contribution is 5.98. The largest absolute Gasteiger partial charge is 0.496 e. The molecule has 3 rings (SSSR count). The summed E-state index contributed by atoms with van der Waals surface area (Å²) in [7, 11) is 1.31. The van der Waals surface area contributed by atoms with Gasteiger partial charge in [0.15, 0.2) is 11.6 Å². The van der Waals surface area contributed by atoms with Crippen LogP contribution in [0.15, 0.2) is 12.1 Å². The summed E-state index contributed by atoms with van der Waals surface area (Å²) in [5.74, 6) is -3.31. The van der Waals surface area contributed by atoms with Crippen molar-refractivity contribution >= 4 is 17.8 Å². The molecule has 0 unspecified atom stereocenters. The standard InChI is InChI=1S/C26H37FN2O8/c1-25(2,3)13-28-22(31)17-11-36-12-19(17)29-23(32)16-9-21(18(27)10-20(16)35-4)37-15-5-7-26(14-30,8-6-15)24(33)34/h9-10,15,17,19,30H,5-8,11-14H2,1-4H3,(H,28,31)(H,29,32)(H,33,34)/t15-,17-,19+,26+/m1/s1. The zero-order valence-electron chi connectivity index (χ0n) is 21.8. The second kappa shape index (κ2) is 11.6. The number of carboxylic acids is 1. The average Bonchev–Trinajstić information content (AvgIpc) is 3.31. The summed E-state index contributed by atoms with van der Waals surface area (Å²) in [6.07, 6.45) is 0.524. The van der Waals surface area contributed by atoms with E-state index in [1.807, 2.05) is 20.8 Å². The van der Waals surface area contributed by atoms with E-state index in [4.69, 9.17) is 14.2 Å². The second-order valence-electron chi connectivity index (χ2n) is 11.0. The highest BCUT2D eigenvalue weighted by atomic mass is 19.1. The third-order valence-corrected chi connectivity index (χ3v) is 6.97. The van der Waals surface area contributed by atoms with Crippen molar-refractivity contribution < 1.29 is 43.2 Å². The number of aliphatic hydroxyl groups is 1. The van der Waals surface area contributed by atoms with Crippen LogP contribution in [0.4, 0.5) is 4.39 Å². The van der Waals surface area contributed by atoms with Gasteiger partial charge in [-0.25, -0.2) is 4.39 Å². The molecule has 1 aromatic rings. The number of aliphatic hydroxyl groups excluding tert-OH is 1. The molecule has 2 atom stereocenters. The number of amides is 2. The fourth-order valence-corrected chi connectivity index (χ4v) is 4.54. The number of aliphatic carboxylic acids is 1. The monoisotopic (exact) mass is 524 g/mol. The zero-order valence-corrected chi connectivity index (χ0v) is 21.8. The first-order chi connectivity index (χ1) is 17.4. The molecule has 2 fully saturated rings. The van der Waals surface area contributed by atoms with Crippen LogP contribution in [0.25, 0.3) is 0 Å². The summed E-state index contributed by atoms with van der Waals surface area (Å²) in [4.78, 5) is 37.4. The summed E-state index contributed by atoms with van der Waals surface area (Å²) in [6.45, 7) is 6.33. The van der Waals surface area contributed by atoms with Crippen LogP contribution in [-0.2, 0) is 14.3 Å². The molecule has 2 aliphatic rings. The van der Waals surface area contributed by atoms with E-state index in [0.29, 0.717) is 19.4 Å². The molecule has 1 aromatic carbocycles. The Kier molecular flexibility index (Phi) is 9.01. The van der Waals surface area contributed by atoms with Gasteiger partial charge < -0.3 is 35.1 Å². The molecule has 1 saturated heterocycles. The second-order valence-corrected chi connectivity index (χ2v) is 11.0. The summed E-state index contributed by atoms with van der Waals surface area (Å²) < 4.78 is 31.3. The lowest BCUT2D eigenvalue weighted by molar-refractivity contribution is -0.155. The lowest BCUT2D eigenvalue weighted by Crippen LogP contribution is -2.47. The first kappa shape index (κ1) is 28.6. The minimum Gasteiger partial charge on any atom is -0.496 e. The van der Waals surface area contributed by atoms with E-state index in [1.54, 1.807) is 0 Å². The highest BCUT2D eigenvalue weighted by Gasteiger charge is 2.42. The van der Waals surface area contributed by atoms with Crippen LogP contribution in [0.2, 0.25) is 0 Å².